The van der Waals surface area contributed by atoms with Crippen molar-refractivity contribution in [3.63, 3.8) is 0 Å². The summed E-state index contributed by atoms with van der Waals surface area (Å²) in [5.74, 6) is 0.738. The molecule has 102 valence electrons. The highest BCUT2D eigenvalue weighted by atomic mass is 16.5. The lowest BCUT2D eigenvalue weighted by molar-refractivity contribution is -0.132. The molecule has 2 N–H and O–H groups in total. The summed E-state index contributed by atoms with van der Waals surface area (Å²) >= 11 is 0. The summed E-state index contributed by atoms with van der Waals surface area (Å²) in [6, 6.07) is 0. The van der Waals surface area contributed by atoms with Crippen LogP contribution in [0.3, 0.4) is 0 Å². The van der Waals surface area contributed by atoms with Gasteiger partial charge in [0.15, 0.2) is 0 Å². The molecule has 1 amide bonds. The van der Waals surface area contributed by atoms with Crippen LogP contribution in [0.4, 0.5) is 0 Å². The molecule has 1 aromatic rings. The largest absolute Gasteiger partial charge is 0.380 e. The van der Waals surface area contributed by atoms with Crippen LogP contribution >= 0.6 is 0 Å². The van der Waals surface area contributed by atoms with Crippen molar-refractivity contribution in [2.45, 2.75) is 32.9 Å². The fourth-order valence-corrected chi connectivity index (χ4v) is 1.67. The Balaban J connectivity index is 2.60. The first-order valence-electron chi connectivity index (χ1n) is 5.88. The second-order valence-corrected chi connectivity index (χ2v) is 4.35. The van der Waals surface area contributed by atoms with Crippen LogP contribution < -0.4 is 5.73 Å². The molecule has 0 aliphatic rings. The number of methoxy groups -OCH3 is 1. The SMILES string of the molecule is COC(CN)CC(=O)N(C)Cc1c(C)noc1C. The van der Waals surface area contributed by atoms with E-state index in [9.17, 15) is 4.79 Å². The van der Waals surface area contributed by atoms with Crippen LogP contribution in [-0.4, -0.2) is 42.8 Å². The number of hydrogen-bond donors (Lipinski definition) is 1. The molecule has 1 atom stereocenters. The molecule has 0 bridgehead atoms. The minimum absolute atomic E-state index is 0.00713. The maximum atomic E-state index is 12.0. The molecular weight excluding hydrogens is 234 g/mol. The molecule has 1 aromatic heterocycles. The van der Waals surface area contributed by atoms with Crippen molar-refractivity contribution in [1.29, 1.82) is 0 Å². The van der Waals surface area contributed by atoms with E-state index >= 15 is 0 Å². The third-order valence-corrected chi connectivity index (χ3v) is 3.00. The van der Waals surface area contributed by atoms with Gasteiger partial charge in [0.05, 0.1) is 24.8 Å². The lowest BCUT2D eigenvalue weighted by atomic mass is 10.1. The van der Waals surface area contributed by atoms with Gasteiger partial charge in [0.1, 0.15) is 5.76 Å². The van der Waals surface area contributed by atoms with E-state index in [1.165, 1.54) is 0 Å². The van der Waals surface area contributed by atoms with E-state index < -0.39 is 0 Å². The van der Waals surface area contributed by atoms with Crippen molar-refractivity contribution in [1.82, 2.24) is 10.1 Å². The number of aryl methyl sites for hydroxylation is 2. The molecule has 0 spiro atoms. The van der Waals surface area contributed by atoms with Gasteiger partial charge in [-0.05, 0) is 13.8 Å². The topological polar surface area (TPSA) is 81.6 Å². The van der Waals surface area contributed by atoms with Crippen LogP contribution in [0.1, 0.15) is 23.4 Å². The Hall–Kier alpha value is -1.40. The predicted molar refractivity (Wildman–Crippen MR) is 66.9 cm³/mol. The first-order valence-corrected chi connectivity index (χ1v) is 5.88. The molecule has 18 heavy (non-hydrogen) atoms. The molecule has 0 aliphatic heterocycles. The number of rotatable bonds is 6. The molecule has 0 radical (unpaired) electrons. The number of amides is 1. The number of carbonyl (C=O) groups excluding carboxylic acids is 1. The zero-order chi connectivity index (χ0) is 13.7. The summed E-state index contributed by atoms with van der Waals surface area (Å²) in [6.07, 6.45) is 0.0528. The van der Waals surface area contributed by atoms with Gasteiger partial charge in [-0.1, -0.05) is 5.16 Å². The van der Waals surface area contributed by atoms with Crippen molar-refractivity contribution < 1.29 is 14.1 Å². The lowest BCUT2D eigenvalue weighted by Gasteiger charge is -2.20. The van der Waals surface area contributed by atoms with E-state index in [1.54, 1.807) is 19.1 Å². The maximum absolute atomic E-state index is 12.0. The number of ether oxygens (including phenoxy) is 1. The van der Waals surface area contributed by atoms with Crippen molar-refractivity contribution in [2.75, 3.05) is 20.7 Å². The molecule has 0 fully saturated rings. The fourth-order valence-electron chi connectivity index (χ4n) is 1.67. The Kier molecular flexibility index (Phi) is 5.30. The Bertz CT molecular complexity index is 380. The molecule has 6 heteroatoms. The Morgan fingerprint density at radius 1 is 1.56 bits per heavy atom. The van der Waals surface area contributed by atoms with Crippen molar-refractivity contribution in [3.8, 4) is 0 Å². The quantitative estimate of drug-likeness (QED) is 0.805. The van der Waals surface area contributed by atoms with Crippen LogP contribution in [0.15, 0.2) is 4.52 Å². The smallest absolute Gasteiger partial charge is 0.225 e. The highest BCUT2D eigenvalue weighted by molar-refractivity contribution is 5.76. The Morgan fingerprint density at radius 2 is 2.22 bits per heavy atom. The van der Waals surface area contributed by atoms with Crippen LogP contribution in [0.5, 0.6) is 0 Å². The summed E-state index contributed by atoms with van der Waals surface area (Å²) in [5.41, 5.74) is 7.26. The Morgan fingerprint density at radius 3 is 2.67 bits per heavy atom. The standard InChI is InChI=1S/C12H21N3O3/c1-8-11(9(2)18-14-8)7-15(3)12(16)5-10(6-13)17-4/h10H,5-7,13H2,1-4H3. The third kappa shape index (κ3) is 3.54. The van der Waals surface area contributed by atoms with Gasteiger partial charge in [-0.25, -0.2) is 0 Å². The van der Waals surface area contributed by atoms with Gasteiger partial charge in [-0.3, -0.25) is 4.79 Å². The van der Waals surface area contributed by atoms with E-state index in [-0.39, 0.29) is 18.4 Å². The number of carbonyl (C=O) groups is 1. The van der Waals surface area contributed by atoms with Gasteiger partial charge >= 0.3 is 0 Å². The van der Waals surface area contributed by atoms with Gasteiger partial charge in [-0.15, -0.1) is 0 Å². The molecular formula is C12H21N3O3. The van der Waals surface area contributed by atoms with Gasteiger partial charge < -0.3 is 19.9 Å². The summed E-state index contributed by atoms with van der Waals surface area (Å²) in [7, 11) is 3.30. The van der Waals surface area contributed by atoms with Gasteiger partial charge in [0.2, 0.25) is 5.91 Å². The van der Waals surface area contributed by atoms with E-state index in [0.29, 0.717) is 13.1 Å². The lowest BCUT2D eigenvalue weighted by Crippen LogP contribution is -2.33. The predicted octanol–water partition coefficient (Wildman–Crippen LogP) is 0.614. The molecule has 0 saturated carbocycles. The summed E-state index contributed by atoms with van der Waals surface area (Å²) < 4.78 is 10.2. The van der Waals surface area contributed by atoms with E-state index in [2.05, 4.69) is 5.16 Å². The summed E-state index contributed by atoms with van der Waals surface area (Å²) in [5, 5.41) is 3.86. The van der Waals surface area contributed by atoms with Crippen LogP contribution in [0.25, 0.3) is 0 Å². The number of nitrogens with zero attached hydrogens (tertiary/aromatic N) is 2. The molecule has 1 unspecified atom stereocenters. The molecule has 0 aromatic carbocycles. The molecule has 0 saturated heterocycles. The average molecular weight is 255 g/mol. The average Bonchev–Trinajstić information content (AvgIpc) is 2.67. The van der Waals surface area contributed by atoms with Crippen molar-refractivity contribution in [3.05, 3.63) is 17.0 Å². The van der Waals surface area contributed by atoms with E-state index in [0.717, 1.165) is 17.0 Å². The molecule has 1 heterocycles. The van der Waals surface area contributed by atoms with Gasteiger partial charge in [-0.2, -0.15) is 0 Å². The minimum Gasteiger partial charge on any atom is -0.380 e. The second-order valence-electron chi connectivity index (χ2n) is 4.35. The first kappa shape index (κ1) is 14.7. The van der Waals surface area contributed by atoms with E-state index in [4.69, 9.17) is 15.0 Å². The maximum Gasteiger partial charge on any atom is 0.225 e. The van der Waals surface area contributed by atoms with Crippen LogP contribution in [-0.2, 0) is 16.1 Å². The minimum atomic E-state index is -0.232. The number of hydrogen-bond acceptors (Lipinski definition) is 5. The zero-order valence-electron chi connectivity index (χ0n) is 11.4. The van der Waals surface area contributed by atoms with Crippen LogP contribution in [0, 0.1) is 13.8 Å². The number of nitrogens with two attached hydrogens (primary N) is 1. The number of aromatic nitrogens is 1. The molecule has 6 nitrogen and oxygen atoms in total. The third-order valence-electron chi connectivity index (χ3n) is 3.00. The monoisotopic (exact) mass is 255 g/mol. The van der Waals surface area contributed by atoms with Gasteiger partial charge in [0.25, 0.3) is 0 Å². The highest BCUT2D eigenvalue weighted by Crippen LogP contribution is 2.15. The molecule has 1 rings (SSSR count). The van der Waals surface area contributed by atoms with E-state index in [1.807, 2.05) is 13.8 Å². The van der Waals surface area contributed by atoms with Gasteiger partial charge in [0, 0.05) is 26.3 Å². The van der Waals surface area contributed by atoms with Crippen molar-refractivity contribution in [2.24, 2.45) is 5.73 Å². The van der Waals surface area contributed by atoms with Crippen molar-refractivity contribution >= 4 is 5.91 Å². The first-order chi connectivity index (χ1) is 8.49. The molecule has 0 aliphatic carbocycles. The summed E-state index contributed by atoms with van der Waals surface area (Å²) in [4.78, 5) is 13.6. The fraction of sp³-hybridized carbons (Fsp3) is 0.667. The van der Waals surface area contributed by atoms with Crippen LogP contribution in [0.2, 0.25) is 0 Å². The highest BCUT2D eigenvalue weighted by Gasteiger charge is 2.18. The second kappa shape index (κ2) is 6.51. The Labute approximate surface area is 107 Å². The normalized spacial score (nSPS) is 12.5. The summed E-state index contributed by atoms with van der Waals surface area (Å²) in [6.45, 7) is 4.52. The zero-order valence-corrected chi connectivity index (χ0v) is 11.4.